The molecule has 0 bridgehead atoms. The second kappa shape index (κ2) is 12.9. The molecule has 0 aliphatic carbocycles. The largest absolute Gasteiger partial charge is 0.388 e. The average molecular weight is 583 g/mol. The summed E-state index contributed by atoms with van der Waals surface area (Å²) in [4.78, 5) is 29.0. The van der Waals surface area contributed by atoms with Gasteiger partial charge < -0.3 is 20.8 Å². The van der Waals surface area contributed by atoms with E-state index < -0.39 is 40.5 Å². The third-order valence-electron chi connectivity index (χ3n) is 8.46. The van der Waals surface area contributed by atoms with Gasteiger partial charge in [0.05, 0.1) is 23.3 Å². The summed E-state index contributed by atoms with van der Waals surface area (Å²) in [6.07, 6.45) is 1.84. The molecule has 0 fully saturated rings. The Balaban J connectivity index is 1.77. The van der Waals surface area contributed by atoms with Crippen molar-refractivity contribution in [2.45, 2.75) is 90.5 Å². The molecule has 4 N–H and O–H groups in total. The highest BCUT2D eigenvalue weighted by molar-refractivity contribution is 6.05. The van der Waals surface area contributed by atoms with Crippen molar-refractivity contribution in [3.8, 4) is 0 Å². The Morgan fingerprint density at radius 2 is 0.953 bits per heavy atom. The van der Waals surface area contributed by atoms with Crippen molar-refractivity contribution in [3.05, 3.63) is 96.1 Å². The Kier molecular flexibility index (Phi) is 9.63. The second-order valence-corrected chi connectivity index (χ2v) is 12.8. The van der Waals surface area contributed by atoms with E-state index >= 15 is 0 Å². The lowest BCUT2D eigenvalue weighted by atomic mass is 9.75. The minimum Gasteiger partial charge on any atom is -0.388 e. The fourth-order valence-electron chi connectivity index (χ4n) is 6.35. The molecular weight excluding hydrogens is 536 g/mol. The predicted octanol–water partition coefficient (Wildman–Crippen LogP) is 7.14. The highest BCUT2D eigenvalue weighted by Crippen LogP contribution is 2.38. The smallest absolute Gasteiger partial charge is 0.236 e. The van der Waals surface area contributed by atoms with Crippen molar-refractivity contribution in [2.75, 3.05) is 0 Å². The van der Waals surface area contributed by atoms with Gasteiger partial charge in [0.15, 0.2) is 0 Å². The number of benzene rings is 4. The van der Waals surface area contributed by atoms with Gasteiger partial charge in [-0.2, -0.15) is 0 Å². The first-order valence-electron chi connectivity index (χ1n) is 15.4. The first-order valence-corrected chi connectivity index (χ1v) is 15.4. The molecule has 0 radical (unpaired) electrons. The quantitative estimate of drug-likeness (QED) is 0.134. The van der Waals surface area contributed by atoms with Crippen molar-refractivity contribution in [3.63, 3.8) is 0 Å². The van der Waals surface area contributed by atoms with Gasteiger partial charge in [-0.05, 0) is 73.2 Å². The summed E-state index contributed by atoms with van der Waals surface area (Å²) in [7, 11) is 0. The maximum Gasteiger partial charge on any atom is 0.236 e. The highest BCUT2D eigenvalue weighted by atomic mass is 16.3. The van der Waals surface area contributed by atoms with Gasteiger partial charge in [0.1, 0.15) is 5.41 Å². The standard InChI is InChI=1S/C37H46N2O4/c1-7-23-37(24-8-2,33(40)38-31(35(3,4)42)29-21-13-17-25-15-9-11-19-27(25)29)34(41)39-32(36(5,6)43)30-22-14-18-26-16-10-12-20-28(26)30/h9-22,31-32,42-43H,7-8,23-24H2,1-6H3,(H,38,40)(H,39,41)/t31-,32-/m0/s1. The van der Waals surface area contributed by atoms with E-state index in [1.165, 1.54) is 0 Å². The number of aliphatic hydroxyl groups is 2. The van der Waals surface area contributed by atoms with Crippen LogP contribution < -0.4 is 10.6 Å². The predicted molar refractivity (Wildman–Crippen MR) is 175 cm³/mol. The summed E-state index contributed by atoms with van der Waals surface area (Å²) in [6.45, 7) is 10.6. The molecule has 43 heavy (non-hydrogen) atoms. The topological polar surface area (TPSA) is 98.7 Å². The summed E-state index contributed by atoms with van der Waals surface area (Å²) in [5.41, 5.74) is -2.48. The molecule has 2 amide bonds. The van der Waals surface area contributed by atoms with Crippen LogP contribution in [0, 0.1) is 5.41 Å². The lowest BCUT2D eigenvalue weighted by Gasteiger charge is -2.39. The number of amides is 2. The van der Waals surface area contributed by atoms with Crippen molar-refractivity contribution in [2.24, 2.45) is 5.41 Å². The van der Waals surface area contributed by atoms with Gasteiger partial charge in [-0.3, -0.25) is 9.59 Å². The number of rotatable bonds is 12. The van der Waals surface area contributed by atoms with Crippen molar-refractivity contribution in [1.29, 1.82) is 0 Å². The fraction of sp³-hybridized carbons (Fsp3) is 0.405. The molecule has 6 heteroatoms. The number of carbonyl (C=O) groups is 2. The van der Waals surface area contributed by atoms with Gasteiger partial charge in [0, 0.05) is 0 Å². The van der Waals surface area contributed by atoms with E-state index in [1.54, 1.807) is 27.7 Å². The van der Waals surface area contributed by atoms with E-state index in [9.17, 15) is 19.8 Å². The SMILES string of the molecule is CCCC(CCC)(C(=O)N[C@@H](c1cccc2ccccc12)C(C)(C)O)C(=O)N[C@@H](c1cccc2ccccc12)C(C)(C)O. The molecule has 4 rings (SSSR count). The molecule has 0 aromatic heterocycles. The third-order valence-corrected chi connectivity index (χ3v) is 8.46. The molecule has 228 valence electrons. The second-order valence-electron chi connectivity index (χ2n) is 12.8. The summed E-state index contributed by atoms with van der Waals surface area (Å²) in [5.74, 6) is -0.859. The average Bonchev–Trinajstić information content (AvgIpc) is 2.96. The van der Waals surface area contributed by atoms with Gasteiger partial charge >= 0.3 is 0 Å². The van der Waals surface area contributed by atoms with E-state index in [1.807, 2.05) is 98.8 Å². The van der Waals surface area contributed by atoms with Crippen LogP contribution in [-0.4, -0.2) is 33.2 Å². The number of hydrogen-bond acceptors (Lipinski definition) is 4. The molecule has 4 aromatic rings. The molecule has 6 nitrogen and oxygen atoms in total. The van der Waals surface area contributed by atoms with Crippen LogP contribution in [0.4, 0.5) is 0 Å². The van der Waals surface area contributed by atoms with Crippen LogP contribution in [0.2, 0.25) is 0 Å². The fourth-order valence-corrected chi connectivity index (χ4v) is 6.35. The molecule has 0 heterocycles. The lowest BCUT2D eigenvalue weighted by molar-refractivity contribution is -0.148. The molecule has 0 saturated carbocycles. The van der Waals surface area contributed by atoms with Gasteiger partial charge in [0.2, 0.25) is 11.8 Å². The van der Waals surface area contributed by atoms with Gasteiger partial charge in [-0.25, -0.2) is 0 Å². The zero-order valence-corrected chi connectivity index (χ0v) is 26.3. The number of hydrogen-bond donors (Lipinski definition) is 4. The highest BCUT2D eigenvalue weighted by Gasteiger charge is 2.48. The summed E-state index contributed by atoms with van der Waals surface area (Å²) in [5, 5.41) is 32.8. The van der Waals surface area contributed by atoms with Crippen LogP contribution in [0.5, 0.6) is 0 Å². The maximum absolute atomic E-state index is 14.5. The van der Waals surface area contributed by atoms with Crippen LogP contribution >= 0.6 is 0 Å². The number of nitrogens with one attached hydrogen (secondary N) is 2. The van der Waals surface area contributed by atoms with Crippen LogP contribution in [0.3, 0.4) is 0 Å². The monoisotopic (exact) mass is 582 g/mol. The lowest BCUT2D eigenvalue weighted by Crippen LogP contribution is -2.56. The third kappa shape index (κ3) is 6.76. The van der Waals surface area contributed by atoms with Crippen LogP contribution in [0.1, 0.15) is 90.4 Å². The molecule has 0 aliphatic heterocycles. The Morgan fingerprint density at radius 1 is 0.605 bits per heavy atom. The zero-order valence-electron chi connectivity index (χ0n) is 26.3. The molecular formula is C37H46N2O4. The Bertz CT molecular complexity index is 1450. The number of fused-ring (bicyclic) bond motifs is 2. The first-order chi connectivity index (χ1) is 20.3. The molecule has 0 unspecified atom stereocenters. The van der Waals surface area contributed by atoms with Crippen LogP contribution in [0.15, 0.2) is 84.9 Å². The number of carbonyl (C=O) groups excluding carboxylic acids is 2. The van der Waals surface area contributed by atoms with E-state index in [4.69, 9.17) is 0 Å². The molecule has 0 saturated heterocycles. The molecule has 0 spiro atoms. The van der Waals surface area contributed by atoms with Crippen molar-refractivity contribution in [1.82, 2.24) is 10.6 Å². The maximum atomic E-state index is 14.5. The van der Waals surface area contributed by atoms with Crippen LogP contribution in [0.25, 0.3) is 21.5 Å². The molecule has 0 aliphatic rings. The summed E-state index contributed by atoms with van der Waals surface area (Å²) < 4.78 is 0. The Labute approximate surface area is 255 Å². The van der Waals surface area contributed by atoms with Crippen molar-refractivity contribution >= 4 is 33.4 Å². The first kappa shape index (κ1) is 32.2. The van der Waals surface area contributed by atoms with E-state index in [0.717, 1.165) is 32.7 Å². The normalized spacial score (nSPS) is 14.0. The molecule has 4 aromatic carbocycles. The van der Waals surface area contributed by atoms with Gasteiger partial charge in [0.25, 0.3) is 0 Å². The summed E-state index contributed by atoms with van der Waals surface area (Å²) in [6, 6.07) is 25.9. The van der Waals surface area contributed by atoms with E-state index in [2.05, 4.69) is 10.6 Å². The molecule has 2 atom stereocenters. The van der Waals surface area contributed by atoms with E-state index in [0.29, 0.717) is 25.7 Å². The van der Waals surface area contributed by atoms with Crippen molar-refractivity contribution < 1.29 is 19.8 Å². The van der Waals surface area contributed by atoms with E-state index in [-0.39, 0.29) is 0 Å². The Hall–Kier alpha value is -3.74. The van der Waals surface area contributed by atoms with Gasteiger partial charge in [-0.1, -0.05) is 112 Å². The summed E-state index contributed by atoms with van der Waals surface area (Å²) >= 11 is 0. The van der Waals surface area contributed by atoms with Crippen LogP contribution in [-0.2, 0) is 9.59 Å². The minimum atomic E-state index is -1.41. The minimum absolute atomic E-state index is 0.320. The zero-order chi connectivity index (χ0) is 31.4. The Morgan fingerprint density at radius 3 is 1.30 bits per heavy atom. The van der Waals surface area contributed by atoms with Gasteiger partial charge in [-0.15, -0.1) is 0 Å².